The molecule has 0 spiro atoms. The highest BCUT2D eigenvalue weighted by Crippen LogP contribution is 1.98. The molecule has 3 heteroatoms. The average Bonchev–Trinajstić information content (AvgIpc) is 1.95. The predicted molar refractivity (Wildman–Crippen MR) is 39.7 cm³/mol. The molecule has 0 aromatic rings. The highest BCUT2D eigenvalue weighted by atomic mass is 16.2. The van der Waals surface area contributed by atoms with Gasteiger partial charge in [-0.3, -0.25) is 4.79 Å². The lowest BCUT2D eigenvalue weighted by molar-refractivity contribution is -0.134. The van der Waals surface area contributed by atoms with Gasteiger partial charge in [-0.25, -0.2) is 0 Å². The third-order valence-corrected chi connectivity index (χ3v) is 1.90. The van der Waals surface area contributed by atoms with E-state index in [4.69, 9.17) is 0 Å². The van der Waals surface area contributed by atoms with E-state index in [2.05, 4.69) is 5.32 Å². The summed E-state index contributed by atoms with van der Waals surface area (Å²) in [4.78, 5) is 13.1. The van der Waals surface area contributed by atoms with Crippen LogP contribution in [0, 0.1) is 0 Å². The number of nitrogens with one attached hydrogen (secondary N) is 1. The summed E-state index contributed by atoms with van der Waals surface area (Å²) in [6.07, 6.45) is 0. The van der Waals surface area contributed by atoms with E-state index in [1.54, 1.807) is 0 Å². The van der Waals surface area contributed by atoms with Gasteiger partial charge < -0.3 is 10.2 Å². The molecule has 0 aliphatic carbocycles. The fourth-order valence-corrected chi connectivity index (χ4v) is 1.20. The lowest BCUT2D eigenvalue weighted by Crippen LogP contribution is -2.53. The van der Waals surface area contributed by atoms with E-state index in [-0.39, 0.29) is 11.9 Å². The normalized spacial score (nSPS) is 27.2. The topological polar surface area (TPSA) is 32.3 Å². The molecule has 1 rings (SSSR count). The molecule has 1 heterocycles. The first-order chi connectivity index (χ1) is 4.75. The van der Waals surface area contributed by atoms with Gasteiger partial charge >= 0.3 is 0 Å². The van der Waals surface area contributed by atoms with Gasteiger partial charge in [0.2, 0.25) is 5.91 Å². The summed E-state index contributed by atoms with van der Waals surface area (Å²) in [5.41, 5.74) is 0. The van der Waals surface area contributed by atoms with Crippen LogP contribution in [0.4, 0.5) is 0 Å². The molecule has 1 aliphatic heterocycles. The van der Waals surface area contributed by atoms with Crippen LogP contribution in [0.25, 0.3) is 0 Å². The number of piperazine rings is 1. The number of carbonyl (C=O) groups is 1. The molecule has 1 fully saturated rings. The molecule has 1 aliphatic rings. The van der Waals surface area contributed by atoms with E-state index in [1.807, 2.05) is 18.7 Å². The van der Waals surface area contributed by atoms with Crippen LogP contribution in [0.5, 0.6) is 0 Å². The van der Waals surface area contributed by atoms with Crippen molar-refractivity contribution in [1.82, 2.24) is 10.2 Å². The second-order valence-electron chi connectivity index (χ2n) is 2.59. The monoisotopic (exact) mass is 142 g/mol. The van der Waals surface area contributed by atoms with Crippen molar-refractivity contribution in [2.45, 2.75) is 19.9 Å². The van der Waals surface area contributed by atoms with Crippen LogP contribution in [-0.2, 0) is 4.79 Å². The lowest BCUT2D eigenvalue weighted by Gasteiger charge is -2.30. The van der Waals surface area contributed by atoms with E-state index in [0.717, 1.165) is 19.6 Å². The molecule has 0 aromatic carbocycles. The largest absolute Gasteiger partial charge is 0.340 e. The Labute approximate surface area is 61.4 Å². The smallest absolute Gasteiger partial charge is 0.239 e. The summed E-state index contributed by atoms with van der Waals surface area (Å²) in [7, 11) is 0. The number of amides is 1. The second kappa shape index (κ2) is 3.01. The molecule has 0 bridgehead atoms. The van der Waals surface area contributed by atoms with E-state index in [1.165, 1.54) is 0 Å². The van der Waals surface area contributed by atoms with Gasteiger partial charge in [-0.15, -0.1) is 0 Å². The zero-order valence-corrected chi connectivity index (χ0v) is 6.55. The summed E-state index contributed by atoms with van der Waals surface area (Å²) >= 11 is 0. The highest BCUT2D eigenvalue weighted by Gasteiger charge is 2.22. The van der Waals surface area contributed by atoms with Crippen LogP contribution in [0.3, 0.4) is 0 Å². The first-order valence-corrected chi connectivity index (χ1v) is 3.78. The van der Waals surface area contributed by atoms with Crippen molar-refractivity contribution >= 4 is 5.91 Å². The number of hydrogen-bond acceptors (Lipinski definition) is 2. The SMILES string of the molecule is CCN1CCNC(C)C1=O. The first-order valence-electron chi connectivity index (χ1n) is 3.78. The van der Waals surface area contributed by atoms with Gasteiger partial charge in [0.1, 0.15) is 0 Å². The van der Waals surface area contributed by atoms with Crippen molar-refractivity contribution in [2.24, 2.45) is 0 Å². The van der Waals surface area contributed by atoms with Gasteiger partial charge in [0.05, 0.1) is 6.04 Å². The molecule has 1 atom stereocenters. The second-order valence-corrected chi connectivity index (χ2v) is 2.59. The zero-order valence-electron chi connectivity index (χ0n) is 6.55. The fourth-order valence-electron chi connectivity index (χ4n) is 1.20. The quantitative estimate of drug-likeness (QED) is 0.551. The summed E-state index contributed by atoms with van der Waals surface area (Å²) < 4.78 is 0. The van der Waals surface area contributed by atoms with E-state index in [9.17, 15) is 4.79 Å². The van der Waals surface area contributed by atoms with Crippen LogP contribution in [0.1, 0.15) is 13.8 Å². The summed E-state index contributed by atoms with van der Waals surface area (Å²) in [5.74, 6) is 0.230. The molecule has 0 radical (unpaired) electrons. The van der Waals surface area contributed by atoms with Crippen molar-refractivity contribution in [3.05, 3.63) is 0 Å². The van der Waals surface area contributed by atoms with Crippen molar-refractivity contribution < 1.29 is 4.79 Å². The summed E-state index contributed by atoms with van der Waals surface area (Å²) in [6.45, 7) is 6.55. The Morgan fingerprint density at radius 3 is 3.00 bits per heavy atom. The Balaban J connectivity index is 2.51. The number of likely N-dealkylation sites (N-methyl/N-ethyl adjacent to an activating group) is 1. The zero-order chi connectivity index (χ0) is 7.56. The van der Waals surface area contributed by atoms with Crippen molar-refractivity contribution in [3.8, 4) is 0 Å². The number of hydrogen-bond donors (Lipinski definition) is 1. The van der Waals surface area contributed by atoms with Crippen molar-refractivity contribution in [2.75, 3.05) is 19.6 Å². The Morgan fingerprint density at radius 2 is 2.50 bits per heavy atom. The van der Waals surface area contributed by atoms with Crippen molar-refractivity contribution in [3.63, 3.8) is 0 Å². The minimum absolute atomic E-state index is 0.0219. The van der Waals surface area contributed by atoms with Crippen LogP contribution < -0.4 is 5.32 Å². The molecule has 10 heavy (non-hydrogen) atoms. The maximum Gasteiger partial charge on any atom is 0.239 e. The van der Waals surface area contributed by atoms with Crippen molar-refractivity contribution in [1.29, 1.82) is 0 Å². The van der Waals surface area contributed by atoms with Crippen LogP contribution in [0.2, 0.25) is 0 Å². The van der Waals surface area contributed by atoms with Gasteiger partial charge in [0.15, 0.2) is 0 Å². The molecule has 1 amide bonds. The first kappa shape index (κ1) is 7.54. The third-order valence-electron chi connectivity index (χ3n) is 1.90. The maximum absolute atomic E-state index is 11.2. The van der Waals surface area contributed by atoms with Crippen LogP contribution >= 0.6 is 0 Å². The van der Waals surface area contributed by atoms with Gasteiger partial charge in [0, 0.05) is 19.6 Å². The van der Waals surface area contributed by atoms with E-state index in [0.29, 0.717) is 0 Å². The van der Waals surface area contributed by atoms with Gasteiger partial charge in [-0.2, -0.15) is 0 Å². The van der Waals surface area contributed by atoms with Crippen LogP contribution in [-0.4, -0.2) is 36.5 Å². The number of carbonyl (C=O) groups excluding carboxylic acids is 1. The Hall–Kier alpha value is -0.570. The Kier molecular flexibility index (Phi) is 2.27. The minimum atomic E-state index is 0.0219. The van der Waals surface area contributed by atoms with Gasteiger partial charge in [-0.1, -0.05) is 0 Å². The van der Waals surface area contributed by atoms with Gasteiger partial charge in [0.25, 0.3) is 0 Å². The lowest BCUT2D eigenvalue weighted by atomic mass is 10.2. The molecule has 1 N–H and O–H groups in total. The van der Waals surface area contributed by atoms with Crippen LogP contribution in [0.15, 0.2) is 0 Å². The standard InChI is InChI=1S/C7H14N2O/c1-3-9-5-4-8-6(2)7(9)10/h6,8H,3-5H2,1-2H3. The average molecular weight is 142 g/mol. The molecular formula is C7H14N2O. The van der Waals surface area contributed by atoms with E-state index < -0.39 is 0 Å². The summed E-state index contributed by atoms with van der Waals surface area (Å²) in [6, 6.07) is 0.0219. The highest BCUT2D eigenvalue weighted by molar-refractivity contribution is 5.82. The Morgan fingerprint density at radius 1 is 1.80 bits per heavy atom. The van der Waals surface area contributed by atoms with E-state index >= 15 is 0 Å². The molecule has 1 unspecified atom stereocenters. The number of rotatable bonds is 1. The maximum atomic E-state index is 11.2. The molecule has 3 nitrogen and oxygen atoms in total. The predicted octanol–water partition coefficient (Wildman–Crippen LogP) is -0.173. The third kappa shape index (κ3) is 1.29. The molecule has 1 saturated heterocycles. The summed E-state index contributed by atoms with van der Waals surface area (Å²) in [5, 5.41) is 3.10. The molecule has 0 saturated carbocycles. The fraction of sp³-hybridized carbons (Fsp3) is 0.857. The number of nitrogens with zero attached hydrogens (tertiary/aromatic N) is 1. The Bertz CT molecular complexity index is 136. The molecular weight excluding hydrogens is 128 g/mol. The molecule has 0 aromatic heterocycles. The minimum Gasteiger partial charge on any atom is -0.340 e. The molecule has 58 valence electrons. The van der Waals surface area contributed by atoms with Gasteiger partial charge in [-0.05, 0) is 13.8 Å².